The van der Waals surface area contributed by atoms with Gasteiger partial charge in [-0.3, -0.25) is 0 Å². The minimum atomic E-state index is 0.534. The lowest BCUT2D eigenvalue weighted by atomic mass is 10.1. The Morgan fingerprint density at radius 1 is 1.03 bits per heavy atom. The third-order valence-corrected chi connectivity index (χ3v) is 4.82. The molecule has 0 saturated heterocycles. The van der Waals surface area contributed by atoms with Crippen LogP contribution in [0, 0.1) is 0 Å². The fourth-order valence-electron chi connectivity index (χ4n) is 3.31. The molecule has 0 atom stereocenters. The Morgan fingerprint density at radius 3 is 2.66 bits per heavy atom. The normalized spacial score (nSPS) is 11.0. The molecule has 0 aliphatic carbocycles. The molecule has 6 nitrogen and oxygen atoms in total. The summed E-state index contributed by atoms with van der Waals surface area (Å²) in [6.07, 6.45) is 2.70. The molecular formula is C23H25N5O. The van der Waals surface area contributed by atoms with Crippen LogP contribution in [0.3, 0.4) is 0 Å². The van der Waals surface area contributed by atoms with Crippen LogP contribution in [0.1, 0.15) is 18.1 Å². The van der Waals surface area contributed by atoms with Crippen LogP contribution < -0.4 is 15.8 Å². The summed E-state index contributed by atoms with van der Waals surface area (Å²) in [6, 6.07) is 20.3. The molecule has 2 aromatic heterocycles. The Bertz CT molecular complexity index is 1090. The van der Waals surface area contributed by atoms with E-state index in [1.165, 1.54) is 5.56 Å². The molecule has 4 aromatic rings. The molecule has 29 heavy (non-hydrogen) atoms. The average Bonchev–Trinajstić information content (AvgIpc) is 3.18. The number of hydrogen-bond acceptors (Lipinski definition) is 5. The lowest BCUT2D eigenvalue weighted by Crippen LogP contribution is -2.09. The van der Waals surface area contributed by atoms with Crippen molar-refractivity contribution in [3.8, 4) is 17.0 Å². The van der Waals surface area contributed by atoms with Gasteiger partial charge in [0.05, 0.1) is 18.5 Å². The first kappa shape index (κ1) is 19.0. The van der Waals surface area contributed by atoms with E-state index in [2.05, 4.69) is 28.5 Å². The van der Waals surface area contributed by atoms with Gasteiger partial charge in [0.25, 0.3) is 0 Å². The van der Waals surface area contributed by atoms with Crippen molar-refractivity contribution in [3.05, 3.63) is 78.0 Å². The number of nitrogens with zero attached hydrogens (tertiary/aromatic N) is 3. The van der Waals surface area contributed by atoms with Gasteiger partial charge in [-0.15, -0.1) is 5.10 Å². The van der Waals surface area contributed by atoms with Crippen LogP contribution in [0.5, 0.6) is 5.75 Å². The lowest BCUT2D eigenvalue weighted by Gasteiger charge is -2.11. The molecule has 6 heteroatoms. The summed E-state index contributed by atoms with van der Waals surface area (Å²) in [5.74, 6) is 1.75. The van der Waals surface area contributed by atoms with Crippen LogP contribution in [-0.2, 0) is 13.0 Å². The van der Waals surface area contributed by atoms with E-state index in [0.29, 0.717) is 13.2 Å². The van der Waals surface area contributed by atoms with E-state index in [-0.39, 0.29) is 0 Å². The Balaban J connectivity index is 1.50. The SMILES string of the molecule is CCOc1ccccc1CCNc1ccc2ncc(-c3ccc(CN)cc3)n2n1. The summed E-state index contributed by atoms with van der Waals surface area (Å²) in [4.78, 5) is 4.47. The number of rotatable bonds is 8. The fourth-order valence-corrected chi connectivity index (χ4v) is 3.31. The molecule has 0 amide bonds. The highest BCUT2D eigenvalue weighted by Crippen LogP contribution is 2.22. The van der Waals surface area contributed by atoms with Crippen molar-refractivity contribution in [2.45, 2.75) is 19.9 Å². The van der Waals surface area contributed by atoms with E-state index < -0.39 is 0 Å². The van der Waals surface area contributed by atoms with Crippen molar-refractivity contribution in [3.63, 3.8) is 0 Å². The smallest absolute Gasteiger partial charge is 0.154 e. The summed E-state index contributed by atoms with van der Waals surface area (Å²) in [5, 5.41) is 8.14. The predicted molar refractivity (Wildman–Crippen MR) is 116 cm³/mol. The summed E-state index contributed by atoms with van der Waals surface area (Å²) >= 11 is 0. The van der Waals surface area contributed by atoms with Crippen LogP contribution in [0.4, 0.5) is 5.82 Å². The van der Waals surface area contributed by atoms with E-state index in [1.807, 2.05) is 60.1 Å². The minimum absolute atomic E-state index is 0.534. The second-order valence-electron chi connectivity index (χ2n) is 6.75. The summed E-state index contributed by atoms with van der Waals surface area (Å²) in [6.45, 7) is 3.96. The molecule has 148 valence electrons. The Hall–Kier alpha value is -3.38. The van der Waals surface area contributed by atoms with Crippen LogP contribution in [0.2, 0.25) is 0 Å². The third kappa shape index (κ3) is 4.22. The number of nitrogens with one attached hydrogen (secondary N) is 1. The number of anilines is 1. The van der Waals surface area contributed by atoms with Crippen molar-refractivity contribution in [2.24, 2.45) is 5.73 Å². The van der Waals surface area contributed by atoms with Crippen molar-refractivity contribution >= 4 is 11.5 Å². The van der Waals surface area contributed by atoms with Gasteiger partial charge in [0.2, 0.25) is 0 Å². The number of aromatic nitrogens is 3. The van der Waals surface area contributed by atoms with E-state index in [1.54, 1.807) is 0 Å². The summed E-state index contributed by atoms with van der Waals surface area (Å²) in [7, 11) is 0. The first-order valence-electron chi connectivity index (χ1n) is 9.87. The number of hydrogen-bond donors (Lipinski definition) is 2. The third-order valence-electron chi connectivity index (χ3n) is 4.82. The number of imidazole rings is 1. The van der Waals surface area contributed by atoms with Crippen molar-refractivity contribution < 1.29 is 4.74 Å². The summed E-state index contributed by atoms with van der Waals surface area (Å²) in [5.41, 5.74) is 10.8. The number of benzene rings is 2. The molecule has 2 heterocycles. The molecule has 2 aromatic carbocycles. The van der Waals surface area contributed by atoms with Gasteiger partial charge in [-0.25, -0.2) is 9.50 Å². The number of nitrogens with two attached hydrogens (primary N) is 1. The zero-order chi connectivity index (χ0) is 20.1. The van der Waals surface area contributed by atoms with E-state index in [0.717, 1.165) is 47.0 Å². The van der Waals surface area contributed by atoms with E-state index in [9.17, 15) is 0 Å². The molecule has 0 aliphatic heterocycles. The number of para-hydroxylation sites is 1. The Labute approximate surface area is 170 Å². The van der Waals surface area contributed by atoms with Crippen molar-refractivity contribution in [1.82, 2.24) is 14.6 Å². The standard InChI is InChI=1S/C23H25N5O/c1-2-29-21-6-4-3-5-19(21)13-14-25-22-11-12-23-26-16-20(28(23)27-22)18-9-7-17(15-24)8-10-18/h3-12,16H,2,13-15,24H2,1H3,(H,25,27). The van der Waals surface area contributed by atoms with Gasteiger partial charge in [-0.2, -0.15) is 0 Å². The Kier molecular flexibility index (Phi) is 5.72. The number of ether oxygens (including phenoxy) is 1. The molecule has 0 fully saturated rings. The molecule has 0 aliphatic rings. The van der Waals surface area contributed by atoms with Crippen LogP contribution in [0.25, 0.3) is 16.9 Å². The molecule has 0 unspecified atom stereocenters. The average molecular weight is 387 g/mol. The minimum Gasteiger partial charge on any atom is -0.494 e. The molecule has 0 bridgehead atoms. The summed E-state index contributed by atoms with van der Waals surface area (Å²) < 4.78 is 7.57. The zero-order valence-corrected chi connectivity index (χ0v) is 16.5. The van der Waals surface area contributed by atoms with Crippen molar-refractivity contribution in [2.75, 3.05) is 18.5 Å². The highest BCUT2D eigenvalue weighted by atomic mass is 16.5. The second kappa shape index (κ2) is 8.75. The van der Waals surface area contributed by atoms with Gasteiger partial charge >= 0.3 is 0 Å². The van der Waals surface area contributed by atoms with Crippen LogP contribution >= 0.6 is 0 Å². The first-order chi connectivity index (χ1) is 14.3. The van der Waals surface area contributed by atoms with Gasteiger partial charge in [0.15, 0.2) is 5.65 Å². The molecule has 4 rings (SSSR count). The van der Waals surface area contributed by atoms with Gasteiger partial charge in [0, 0.05) is 18.7 Å². The zero-order valence-electron chi connectivity index (χ0n) is 16.5. The second-order valence-corrected chi connectivity index (χ2v) is 6.75. The first-order valence-corrected chi connectivity index (χ1v) is 9.87. The largest absolute Gasteiger partial charge is 0.494 e. The maximum absolute atomic E-state index is 5.70. The van der Waals surface area contributed by atoms with Gasteiger partial charge in [-0.1, -0.05) is 42.5 Å². The highest BCUT2D eigenvalue weighted by Gasteiger charge is 2.08. The molecule has 0 spiro atoms. The maximum Gasteiger partial charge on any atom is 0.154 e. The fraction of sp³-hybridized carbons (Fsp3) is 0.217. The number of fused-ring (bicyclic) bond motifs is 1. The molecule has 0 radical (unpaired) electrons. The maximum atomic E-state index is 5.70. The van der Waals surface area contributed by atoms with E-state index >= 15 is 0 Å². The monoisotopic (exact) mass is 387 g/mol. The Morgan fingerprint density at radius 2 is 1.86 bits per heavy atom. The molecular weight excluding hydrogens is 362 g/mol. The van der Waals surface area contributed by atoms with E-state index in [4.69, 9.17) is 15.6 Å². The van der Waals surface area contributed by atoms with Gasteiger partial charge in [-0.05, 0) is 42.7 Å². The molecule has 3 N–H and O–H groups in total. The van der Waals surface area contributed by atoms with Crippen molar-refractivity contribution in [1.29, 1.82) is 0 Å². The predicted octanol–water partition coefficient (Wildman–Crippen LogP) is 3.91. The quantitative estimate of drug-likeness (QED) is 0.479. The van der Waals surface area contributed by atoms with Gasteiger partial charge in [0.1, 0.15) is 11.6 Å². The highest BCUT2D eigenvalue weighted by molar-refractivity contribution is 5.64. The van der Waals surface area contributed by atoms with Crippen LogP contribution in [0.15, 0.2) is 66.9 Å². The van der Waals surface area contributed by atoms with Crippen LogP contribution in [-0.4, -0.2) is 27.7 Å². The lowest BCUT2D eigenvalue weighted by molar-refractivity contribution is 0.336. The molecule has 0 saturated carbocycles. The topological polar surface area (TPSA) is 77.5 Å². The van der Waals surface area contributed by atoms with Gasteiger partial charge < -0.3 is 15.8 Å².